The van der Waals surface area contributed by atoms with Crippen molar-refractivity contribution in [1.29, 1.82) is 0 Å². The second-order valence-electron chi connectivity index (χ2n) is 7.13. The van der Waals surface area contributed by atoms with Crippen LogP contribution in [-0.4, -0.2) is 53.1 Å². The van der Waals surface area contributed by atoms with Gasteiger partial charge in [0.1, 0.15) is 0 Å². The third-order valence-electron chi connectivity index (χ3n) is 5.11. The van der Waals surface area contributed by atoms with E-state index in [2.05, 4.69) is 37.5 Å². The van der Waals surface area contributed by atoms with Gasteiger partial charge in [0.15, 0.2) is 0 Å². The third-order valence-corrected chi connectivity index (χ3v) is 5.11. The summed E-state index contributed by atoms with van der Waals surface area (Å²) in [6, 6.07) is 3.28. The van der Waals surface area contributed by atoms with Gasteiger partial charge >= 0.3 is 0 Å². The van der Waals surface area contributed by atoms with Crippen molar-refractivity contribution in [2.75, 3.05) is 13.1 Å². The van der Waals surface area contributed by atoms with Gasteiger partial charge in [-0.2, -0.15) is 0 Å². The third kappa shape index (κ3) is 3.71. The lowest BCUT2D eigenvalue weighted by Crippen LogP contribution is -2.57. The van der Waals surface area contributed by atoms with Crippen molar-refractivity contribution < 1.29 is 0 Å². The van der Waals surface area contributed by atoms with Crippen molar-refractivity contribution in [3.63, 3.8) is 0 Å². The van der Waals surface area contributed by atoms with E-state index in [9.17, 15) is 0 Å². The summed E-state index contributed by atoms with van der Waals surface area (Å²) in [6.45, 7) is 11.7. The molecule has 0 saturated carbocycles. The second kappa shape index (κ2) is 6.55. The van der Waals surface area contributed by atoms with Crippen LogP contribution in [0.5, 0.6) is 0 Å². The number of nitrogens with zero attached hydrogens (tertiary/aromatic N) is 2. The molecule has 2 heterocycles. The van der Waals surface area contributed by atoms with Crippen molar-refractivity contribution in [1.82, 2.24) is 9.80 Å². The van der Waals surface area contributed by atoms with Crippen LogP contribution in [0.4, 0.5) is 0 Å². The molecule has 0 radical (unpaired) electrons. The monoisotopic (exact) mass is 267 g/mol. The molecule has 2 saturated heterocycles. The first kappa shape index (κ1) is 15.3. The number of piperidine rings is 2. The van der Waals surface area contributed by atoms with Gasteiger partial charge in [-0.25, -0.2) is 0 Å². The Hall–Kier alpha value is -0.120. The first-order chi connectivity index (χ1) is 8.99. The Balaban J connectivity index is 1.91. The SMILES string of the molecule is CC(C)N(CCN1C2CCCC1CC(N)C2)C(C)C. The molecule has 0 amide bonds. The zero-order chi connectivity index (χ0) is 14.0. The topological polar surface area (TPSA) is 32.5 Å². The molecule has 19 heavy (non-hydrogen) atoms. The Morgan fingerprint density at radius 1 is 1.05 bits per heavy atom. The average molecular weight is 267 g/mol. The molecule has 0 aliphatic carbocycles. The summed E-state index contributed by atoms with van der Waals surface area (Å²) in [5.41, 5.74) is 6.20. The van der Waals surface area contributed by atoms with Gasteiger partial charge in [0.05, 0.1) is 0 Å². The molecule has 2 bridgehead atoms. The second-order valence-corrected chi connectivity index (χ2v) is 7.13. The Kier molecular flexibility index (Phi) is 5.27. The molecule has 0 spiro atoms. The fourth-order valence-corrected chi connectivity index (χ4v) is 4.23. The number of hydrogen-bond donors (Lipinski definition) is 1. The maximum atomic E-state index is 6.20. The van der Waals surface area contributed by atoms with Crippen molar-refractivity contribution in [3.05, 3.63) is 0 Å². The van der Waals surface area contributed by atoms with Gasteiger partial charge in [0.25, 0.3) is 0 Å². The van der Waals surface area contributed by atoms with E-state index in [4.69, 9.17) is 5.73 Å². The molecule has 2 unspecified atom stereocenters. The van der Waals surface area contributed by atoms with Crippen LogP contribution in [0, 0.1) is 0 Å². The summed E-state index contributed by atoms with van der Waals surface area (Å²) in [6.07, 6.45) is 6.59. The summed E-state index contributed by atoms with van der Waals surface area (Å²) in [5.74, 6) is 0. The Morgan fingerprint density at radius 2 is 1.58 bits per heavy atom. The highest BCUT2D eigenvalue weighted by atomic mass is 15.3. The fraction of sp³-hybridized carbons (Fsp3) is 1.00. The molecule has 2 fully saturated rings. The largest absolute Gasteiger partial charge is 0.328 e. The van der Waals surface area contributed by atoms with E-state index in [-0.39, 0.29) is 0 Å². The molecule has 2 atom stereocenters. The predicted molar refractivity (Wildman–Crippen MR) is 82.3 cm³/mol. The number of rotatable bonds is 5. The lowest BCUT2D eigenvalue weighted by atomic mass is 9.82. The van der Waals surface area contributed by atoms with Crippen LogP contribution in [0.1, 0.15) is 59.8 Å². The van der Waals surface area contributed by atoms with Crippen LogP contribution in [0.3, 0.4) is 0 Å². The highest BCUT2D eigenvalue weighted by molar-refractivity contribution is 4.94. The van der Waals surface area contributed by atoms with Crippen LogP contribution in [0.15, 0.2) is 0 Å². The van der Waals surface area contributed by atoms with Crippen molar-refractivity contribution in [2.24, 2.45) is 5.73 Å². The van der Waals surface area contributed by atoms with Gasteiger partial charge in [0.2, 0.25) is 0 Å². The smallest absolute Gasteiger partial charge is 0.0115 e. The highest BCUT2D eigenvalue weighted by Gasteiger charge is 2.36. The maximum absolute atomic E-state index is 6.20. The van der Waals surface area contributed by atoms with Crippen LogP contribution < -0.4 is 5.73 Å². The Morgan fingerprint density at radius 3 is 2.05 bits per heavy atom. The van der Waals surface area contributed by atoms with E-state index in [1.54, 1.807) is 0 Å². The zero-order valence-electron chi connectivity index (χ0n) is 13.3. The minimum Gasteiger partial charge on any atom is -0.328 e. The Bertz CT molecular complexity index is 255. The van der Waals surface area contributed by atoms with Gasteiger partial charge in [0, 0.05) is 43.3 Å². The standard InChI is InChI=1S/C16H33N3/c1-12(2)18(13(3)4)8-9-19-15-6-5-7-16(19)11-14(17)10-15/h12-16H,5-11,17H2,1-4H3. The lowest BCUT2D eigenvalue weighted by molar-refractivity contribution is 0.0172. The zero-order valence-corrected chi connectivity index (χ0v) is 13.3. The minimum absolute atomic E-state index is 0.456. The molecule has 0 aromatic rings. The summed E-state index contributed by atoms with van der Waals surface area (Å²) in [4.78, 5) is 5.40. The molecule has 2 rings (SSSR count). The van der Waals surface area contributed by atoms with Gasteiger partial charge in [-0.3, -0.25) is 9.80 Å². The summed E-state index contributed by atoms with van der Waals surface area (Å²) in [7, 11) is 0. The van der Waals surface area contributed by atoms with E-state index in [1.165, 1.54) is 45.2 Å². The van der Waals surface area contributed by atoms with E-state index in [0.717, 1.165) is 12.1 Å². The lowest BCUT2D eigenvalue weighted by Gasteiger charge is -2.49. The first-order valence-electron chi connectivity index (χ1n) is 8.26. The number of nitrogens with two attached hydrogens (primary N) is 1. The summed E-state index contributed by atoms with van der Waals surface area (Å²) < 4.78 is 0. The number of hydrogen-bond acceptors (Lipinski definition) is 3. The molecule has 2 aliphatic heterocycles. The number of fused-ring (bicyclic) bond motifs is 2. The molecule has 3 heteroatoms. The maximum Gasteiger partial charge on any atom is 0.0115 e. The highest BCUT2D eigenvalue weighted by Crippen LogP contribution is 2.33. The van der Waals surface area contributed by atoms with Crippen LogP contribution in [0.2, 0.25) is 0 Å². The van der Waals surface area contributed by atoms with Crippen molar-refractivity contribution in [3.8, 4) is 0 Å². The van der Waals surface area contributed by atoms with E-state index < -0.39 is 0 Å². The Labute approximate surface area is 119 Å². The van der Waals surface area contributed by atoms with Crippen LogP contribution in [-0.2, 0) is 0 Å². The van der Waals surface area contributed by atoms with Crippen molar-refractivity contribution in [2.45, 2.75) is 90.0 Å². The molecular formula is C16H33N3. The van der Waals surface area contributed by atoms with Gasteiger partial charge in [-0.05, 0) is 53.4 Å². The first-order valence-corrected chi connectivity index (χ1v) is 8.26. The summed E-state index contributed by atoms with van der Waals surface area (Å²) >= 11 is 0. The predicted octanol–water partition coefficient (Wildman–Crippen LogP) is 2.45. The minimum atomic E-state index is 0.456. The summed E-state index contributed by atoms with van der Waals surface area (Å²) in [5, 5.41) is 0. The molecule has 0 aromatic carbocycles. The van der Waals surface area contributed by atoms with Crippen molar-refractivity contribution >= 4 is 0 Å². The van der Waals surface area contributed by atoms with E-state index in [0.29, 0.717) is 18.1 Å². The van der Waals surface area contributed by atoms with Gasteiger partial charge < -0.3 is 5.73 Å². The van der Waals surface area contributed by atoms with E-state index >= 15 is 0 Å². The van der Waals surface area contributed by atoms with Crippen LogP contribution >= 0.6 is 0 Å². The molecular weight excluding hydrogens is 234 g/mol. The molecule has 0 aromatic heterocycles. The molecule has 2 aliphatic rings. The van der Waals surface area contributed by atoms with E-state index in [1.807, 2.05) is 0 Å². The fourth-order valence-electron chi connectivity index (χ4n) is 4.23. The quantitative estimate of drug-likeness (QED) is 0.830. The molecule has 2 N–H and O–H groups in total. The normalized spacial score (nSPS) is 32.5. The average Bonchev–Trinajstić information content (AvgIpc) is 2.28. The van der Waals surface area contributed by atoms with Gasteiger partial charge in [-0.15, -0.1) is 0 Å². The van der Waals surface area contributed by atoms with Crippen LogP contribution in [0.25, 0.3) is 0 Å². The van der Waals surface area contributed by atoms with Gasteiger partial charge in [-0.1, -0.05) is 6.42 Å². The molecule has 112 valence electrons. The molecule has 3 nitrogen and oxygen atoms in total.